The zero-order valence-electron chi connectivity index (χ0n) is 11.1. The molecule has 0 saturated heterocycles. The molecule has 2 heterocycles. The number of fused-ring (bicyclic) bond motifs is 1. The van der Waals surface area contributed by atoms with Gasteiger partial charge in [-0.2, -0.15) is 18.3 Å². The minimum Gasteiger partial charge on any atom is -0.486 e. The van der Waals surface area contributed by atoms with Gasteiger partial charge in [0.1, 0.15) is 19.0 Å². The quantitative estimate of drug-likeness (QED) is 0.878. The van der Waals surface area contributed by atoms with E-state index in [-0.39, 0.29) is 35.2 Å². The Morgan fingerprint density at radius 3 is 2.29 bits per heavy atom. The highest BCUT2D eigenvalue weighted by Crippen LogP contribution is 2.44. The van der Waals surface area contributed by atoms with E-state index >= 15 is 0 Å². The van der Waals surface area contributed by atoms with Crippen LogP contribution in [0.5, 0.6) is 11.5 Å². The molecule has 1 aromatic carbocycles. The summed E-state index contributed by atoms with van der Waals surface area (Å²) < 4.78 is 51.6. The Balaban J connectivity index is 2.21. The van der Waals surface area contributed by atoms with E-state index in [4.69, 9.17) is 15.2 Å². The molecule has 21 heavy (non-hydrogen) atoms. The van der Waals surface area contributed by atoms with E-state index in [9.17, 15) is 13.2 Å². The third kappa shape index (κ3) is 2.37. The van der Waals surface area contributed by atoms with Crippen molar-refractivity contribution in [1.29, 1.82) is 0 Å². The number of hydrogen-bond acceptors (Lipinski definition) is 4. The molecule has 0 amide bonds. The van der Waals surface area contributed by atoms with Crippen molar-refractivity contribution < 1.29 is 22.6 Å². The molecule has 0 atom stereocenters. The molecular weight excluding hydrogens is 287 g/mol. The number of anilines is 1. The lowest BCUT2D eigenvalue weighted by atomic mass is 10.0. The van der Waals surface area contributed by atoms with Crippen molar-refractivity contribution in [1.82, 2.24) is 9.78 Å². The molecule has 1 aromatic heterocycles. The monoisotopic (exact) mass is 299 g/mol. The van der Waals surface area contributed by atoms with Crippen LogP contribution in [0.4, 0.5) is 19.0 Å². The van der Waals surface area contributed by atoms with Gasteiger partial charge in [-0.1, -0.05) is 0 Å². The number of nitrogens with two attached hydrogens (primary N) is 1. The summed E-state index contributed by atoms with van der Waals surface area (Å²) in [5.74, 6) is 0.628. The van der Waals surface area contributed by atoms with Gasteiger partial charge in [0.05, 0.1) is 11.3 Å². The van der Waals surface area contributed by atoms with E-state index in [1.54, 1.807) is 7.05 Å². The first-order valence-corrected chi connectivity index (χ1v) is 6.17. The zero-order chi connectivity index (χ0) is 15.2. The Bertz CT molecular complexity index is 675. The second-order valence-electron chi connectivity index (χ2n) is 4.62. The van der Waals surface area contributed by atoms with Gasteiger partial charge < -0.3 is 15.2 Å². The lowest BCUT2D eigenvalue weighted by Crippen LogP contribution is -2.17. The number of halogens is 3. The summed E-state index contributed by atoms with van der Waals surface area (Å²) in [7, 11) is 1.56. The number of nitrogen functional groups attached to an aromatic ring is 1. The number of ether oxygens (including phenoxy) is 2. The van der Waals surface area contributed by atoms with Crippen molar-refractivity contribution >= 4 is 5.82 Å². The van der Waals surface area contributed by atoms with E-state index in [0.717, 1.165) is 6.07 Å². The second kappa shape index (κ2) is 4.57. The van der Waals surface area contributed by atoms with Gasteiger partial charge in [-0.3, -0.25) is 4.68 Å². The third-order valence-electron chi connectivity index (χ3n) is 3.18. The molecule has 112 valence electrons. The Hall–Kier alpha value is -2.38. The molecule has 8 heteroatoms. The van der Waals surface area contributed by atoms with Crippen molar-refractivity contribution in [3.63, 3.8) is 0 Å². The first-order valence-electron chi connectivity index (χ1n) is 6.17. The van der Waals surface area contributed by atoms with Crippen LogP contribution in [-0.2, 0) is 13.2 Å². The van der Waals surface area contributed by atoms with Crippen LogP contribution in [0.1, 0.15) is 5.56 Å². The van der Waals surface area contributed by atoms with Crippen LogP contribution in [0, 0.1) is 0 Å². The maximum absolute atomic E-state index is 13.2. The van der Waals surface area contributed by atoms with Crippen molar-refractivity contribution in [3.05, 3.63) is 23.8 Å². The van der Waals surface area contributed by atoms with Gasteiger partial charge in [0.2, 0.25) is 0 Å². The van der Waals surface area contributed by atoms with Crippen molar-refractivity contribution in [2.45, 2.75) is 6.18 Å². The SMILES string of the molecule is Cn1nc(-c2cc3c(cc2C(F)(F)F)OCCO3)cc1N. The largest absolute Gasteiger partial charge is 0.486 e. The van der Waals surface area contributed by atoms with E-state index in [2.05, 4.69) is 5.10 Å². The second-order valence-corrected chi connectivity index (χ2v) is 4.62. The summed E-state index contributed by atoms with van der Waals surface area (Å²) in [4.78, 5) is 0. The minimum absolute atomic E-state index is 0.0842. The fourth-order valence-electron chi connectivity index (χ4n) is 2.15. The van der Waals surface area contributed by atoms with Crippen molar-refractivity contribution in [2.75, 3.05) is 18.9 Å². The molecule has 2 N–H and O–H groups in total. The molecule has 0 aliphatic carbocycles. The number of benzene rings is 1. The predicted octanol–water partition coefficient (Wildman–Crippen LogP) is 2.46. The van der Waals surface area contributed by atoms with Gasteiger partial charge in [0, 0.05) is 18.7 Å². The molecular formula is C13H12F3N3O2. The maximum atomic E-state index is 13.2. The van der Waals surface area contributed by atoms with Gasteiger partial charge >= 0.3 is 6.18 Å². The average Bonchev–Trinajstić information content (AvgIpc) is 2.76. The molecule has 1 aliphatic heterocycles. The molecule has 0 spiro atoms. The van der Waals surface area contributed by atoms with E-state index in [0.29, 0.717) is 6.61 Å². The summed E-state index contributed by atoms with van der Waals surface area (Å²) in [5.41, 5.74) is 4.86. The van der Waals surface area contributed by atoms with Crippen LogP contribution in [-0.4, -0.2) is 23.0 Å². The smallest absolute Gasteiger partial charge is 0.417 e. The van der Waals surface area contributed by atoms with Crippen LogP contribution < -0.4 is 15.2 Å². The average molecular weight is 299 g/mol. The van der Waals surface area contributed by atoms with Crippen LogP contribution in [0.25, 0.3) is 11.3 Å². The van der Waals surface area contributed by atoms with Crippen molar-refractivity contribution in [3.8, 4) is 22.8 Å². The number of nitrogens with zero attached hydrogens (tertiary/aromatic N) is 2. The Kier molecular flexibility index (Phi) is 2.96. The molecule has 0 fully saturated rings. The third-order valence-corrected chi connectivity index (χ3v) is 3.18. The number of aromatic nitrogens is 2. The minimum atomic E-state index is -4.53. The fraction of sp³-hybridized carbons (Fsp3) is 0.308. The molecule has 2 aromatic rings. The zero-order valence-corrected chi connectivity index (χ0v) is 11.1. The summed E-state index contributed by atoms with van der Waals surface area (Å²) in [5, 5.41) is 4.00. The lowest BCUT2D eigenvalue weighted by Gasteiger charge is -2.21. The summed E-state index contributed by atoms with van der Waals surface area (Å²) in [6, 6.07) is 3.62. The highest BCUT2D eigenvalue weighted by atomic mass is 19.4. The fourth-order valence-corrected chi connectivity index (χ4v) is 2.15. The molecule has 5 nitrogen and oxygen atoms in total. The first kappa shape index (κ1) is 13.6. The van der Waals surface area contributed by atoms with Gasteiger partial charge in [0.15, 0.2) is 11.5 Å². The standard InChI is InChI=1S/C13H12F3N3O2/c1-19-12(17)6-9(18-19)7-4-10-11(21-3-2-20-10)5-8(7)13(14,15)16/h4-6H,2-3,17H2,1H3. The Morgan fingerprint density at radius 1 is 1.14 bits per heavy atom. The number of aryl methyl sites for hydroxylation is 1. The van der Waals surface area contributed by atoms with Crippen molar-refractivity contribution in [2.24, 2.45) is 7.05 Å². The first-order chi connectivity index (χ1) is 9.86. The molecule has 0 bridgehead atoms. The topological polar surface area (TPSA) is 62.3 Å². The Morgan fingerprint density at radius 2 is 1.76 bits per heavy atom. The molecule has 0 radical (unpaired) electrons. The summed E-state index contributed by atoms with van der Waals surface area (Å²) in [6.45, 7) is 0.516. The molecule has 0 saturated carbocycles. The van der Waals surface area contributed by atoms with E-state index in [1.807, 2.05) is 0 Å². The number of alkyl halides is 3. The number of rotatable bonds is 1. The highest BCUT2D eigenvalue weighted by Gasteiger charge is 2.36. The maximum Gasteiger partial charge on any atom is 0.417 e. The highest BCUT2D eigenvalue weighted by molar-refractivity contribution is 5.71. The number of hydrogen-bond donors (Lipinski definition) is 1. The van der Waals surface area contributed by atoms with Crippen LogP contribution in [0.2, 0.25) is 0 Å². The van der Waals surface area contributed by atoms with Crippen LogP contribution in [0.3, 0.4) is 0 Å². The summed E-state index contributed by atoms with van der Waals surface area (Å²) in [6.07, 6.45) is -4.53. The van der Waals surface area contributed by atoms with Gasteiger partial charge in [0.25, 0.3) is 0 Å². The molecule has 3 rings (SSSR count). The van der Waals surface area contributed by atoms with Crippen LogP contribution in [0.15, 0.2) is 18.2 Å². The lowest BCUT2D eigenvalue weighted by molar-refractivity contribution is -0.137. The normalized spacial score (nSPS) is 14.3. The Labute approximate surface area is 118 Å². The molecule has 1 aliphatic rings. The van der Waals surface area contributed by atoms with Gasteiger partial charge in [-0.05, 0) is 12.1 Å². The molecule has 0 unspecified atom stereocenters. The summed E-state index contributed by atoms with van der Waals surface area (Å²) >= 11 is 0. The van der Waals surface area contributed by atoms with E-state index in [1.165, 1.54) is 16.8 Å². The van der Waals surface area contributed by atoms with E-state index < -0.39 is 11.7 Å². The van der Waals surface area contributed by atoms with Gasteiger partial charge in [-0.25, -0.2) is 0 Å². The predicted molar refractivity (Wildman–Crippen MR) is 69.0 cm³/mol. The van der Waals surface area contributed by atoms with Crippen LogP contribution >= 0.6 is 0 Å². The van der Waals surface area contributed by atoms with Gasteiger partial charge in [-0.15, -0.1) is 0 Å².